The van der Waals surface area contributed by atoms with E-state index in [9.17, 15) is 0 Å². The van der Waals surface area contributed by atoms with Gasteiger partial charge in [0.1, 0.15) is 5.69 Å². The summed E-state index contributed by atoms with van der Waals surface area (Å²) in [5.74, 6) is 1.74. The van der Waals surface area contributed by atoms with Crippen molar-refractivity contribution in [1.82, 2.24) is 24.5 Å². The van der Waals surface area contributed by atoms with Crippen molar-refractivity contribution < 1.29 is 0 Å². The molecule has 0 atom stereocenters. The molecule has 4 heterocycles. The normalized spacial score (nSPS) is 11.6. The number of aromatic nitrogens is 5. The molecule has 4 aromatic heterocycles. The second-order valence-corrected chi connectivity index (χ2v) is 14.9. The molecule has 0 N–H and O–H groups in total. The molecule has 0 unspecified atom stereocenters. The lowest BCUT2D eigenvalue weighted by Crippen LogP contribution is -2.01. The van der Waals surface area contributed by atoms with Crippen LogP contribution in [-0.4, -0.2) is 24.5 Å². The van der Waals surface area contributed by atoms with Gasteiger partial charge in [-0.15, -0.1) is 11.3 Å². The summed E-state index contributed by atoms with van der Waals surface area (Å²) in [4.78, 5) is 20.3. The van der Waals surface area contributed by atoms with Crippen LogP contribution in [0.15, 0.2) is 188 Å². The molecule has 7 aromatic carbocycles. The van der Waals surface area contributed by atoms with E-state index in [1.54, 1.807) is 0 Å². The highest BCUT2D eigenvalue weighted by atomic mass is 32.1. The fourth-order valence-electron chi connectivity index (χ4n) is 7.86. The quantitative estimate of drug-likeness (QED) is 0.171. The van der Waals surface area contributed by atoms with Gasteiger partial charge in [-0.2, -0.15) is 0 Å². The standard InChI is InChI=1S/C50H31N5S/c1-4-15-32(16-5-1)35-27-28-38-37-21-10-12-25-43(37)55(44(38)29-35)36-30-40(47-39-22-11-13-26-45(39)56-46(47)31-36)41-23-14-24-42(51-41)50-53-48(33-17-6-2-7-18-33)52-49(54-50)34-19-8-3-9-20-34/h1-31H. The second kappa shape index (κ2) is 13.2. The molecular weight excluding hydrogens is 703 g/mol. The van der Waals surface area contributed by atoms with Crippen LogP contribution in [0.3, 0.4) is 0 Å². The van der Waals surface area contributed by atoms with Crippen molar-refractivity contribution in [2.45, 2.75) is 0 Å². The number of fused-ring (bicyclic) bond motifs is 6. The molecule has 0 aliphatic rings. The van der Waals surface area contributed by atoms with Gasteiger partial charge in [-0.25, -0.2) is 19.9 Å². The number of rotatable bonds is 6. The van der Waals surface area contributed by atoms with Crippen LogP contribution < -0.4 is 0 Å². The molecule has 0 saturated carbocycles. The van der Waals surface area contributed by atoms with Crippen molar-refractivity contribution in [1.29, 1.82) is 0 Å². The van der Waals surface area contributed by atoms with Gasteiger partial charge < -0.3 is 4.57 Å². The van der Waals surface area contributed by atoms with E-state index in [0.717, 1.165) is 39.1 Å². The average molecular weight is 734 g/mol. The first kappa shape index (κ1) is 32.2. The first-order chi connectivity index (χ1) is 27.7. The number of para-hydroxylation sites is 1. The maximum atomic E-state index is 5.36. The number of hydrogen-bond donors (Lipinski definition) is 0. The van der Waals surface area contributed by atoms with Gasteiger partial charge in [-0.05, 0) is 53.6 Å². The van der Waals surface area contributed by atoms with E-state index in [0.29, 0.717) is 23.2 Å². The first-order valence-electron chi connectivity index (χ1n) is 18.6. The Balaban J connectivity index is 1.15. The lowest BCUT2D eigenvalue weighted by atomic mass is 10.0. The van der Waals surface area contributed by atoms with Gasteiger partial charge in [0.2, 0.25) is 0 Å². The zero-order valence-electron chi connectivity index (χ0n) is 30.0. The minimum atomic E-state index is 0.526. The lowest BCUT2D eigenvalue weighted by Gasteiger charge is -2.13. The maximum Gasteiger partial charge on any atom is 0.182 e. The maximum absolute atomic E-state index is 5.36. The fraction of sp³-hybridized carbons (Fsp3) is 0. The van der Waals surface area contributed by atoms with Crippen LogP contribution in [0.25, 0.3) is 104 Å². The fourth-order valence-corrected chi connectivity index (χ4v) is 9.03. The van der Waals surface area contributed by atoms with E-state index in [1.165, 1.54) is 42.1 Å². The van der Waals surface area contributed by atoms with Crippen LogP contribution >= 0.6 is 11.3 Å². The summed E-state index contributed by atoms with van der Waals surface area (Å²) in [7, 11) is 0. The predicted molar refractivity (Wildman–Crippen MR) is 232 cm³/mol. The Morgan fingerprint density at radius 1 is 0.357 bits per heavy atom. The molecule has 0 fully saturated rings. The topological polar surface area (TPSA) is 56.5 Å². The van der Waals surface area contributed by atoms with Gasteiger partial charge >= 0.3 is 0 Å². The van der Waals surface area contributed by atoms with Crippen molar-refractivity contribution in [3.63, 3.8) is 0 Å². The molecule has 0 aliphatic carbocycles. The molecule has 0 bridgehead atoms. The minimum Gasteiger partial charge on any atom is -0.309 e. The summed E-state index contributed by atoms with van der Waals surface area (Å²) in [6.07, 6.45) is 0. The highest BCUT2D eigenvalue weighted by molar-refractivity contribution is 7.26. The summed E-state index contributed by atoms with van der Waals surface area (Å²) in [5.41, 5.74) is 10.2. The molecule has 0 spiro atoms. The van der Waals surface area contributed by atoms with Crippen LogP contribution in [0.2, 0.25) is 0 Å². The van der Waals surface area contributed by atoms with Gasteiger partial charge in [0.15, 0.2) is 17.5 Å². The predicted octanol–water partition coefficient (Wildman–Crippen LogP) is 13.1. The van der Waals surface area contributed by atoms with Crippen LogP contribution in [-0.2, 0) is 0 Å². The third-order valence-electron chi connectivity index (χ3n) is 10.5. The average Bonchev–Trinajstić information content (AvgIpc) is 3.82. The number of pyridine rings is 1. The molecule has 11 aromatic rings. The van der Waals surface area contributed by atoms with E-state index >= 15 is 0 Å². The molecule has 0 saturated heterocycles. The number of thiophene rings is 1. The molecule has 5 nitrogen and oxygen atoms in total. The van der Waals surface area contributed by atoms with Gasteiger partial charge in [0.05, 0.1) is 16.7 Å². The van der Waals surface area contributed by atoms with Crippen LogP contribution in [0.5, 0.6) is 0 Å². The summed E-state index contributed by atoms with van der Waals surface area (Å²) < 4.78 is 4.86. The zero-order chi connectivity index (χ0) is 37.0. The van der Waals surface area contributed by atoms with E-state index in [2.05, 4.69) is 126 Å². The molecule has 0 aliphatic heterocycles. The van der Waals surface area contributed by atoms with Crippen molar-refractivity contribution in [2.24, 2.45) is 0 Å². The third-order valence-corrected chi connectivity index (χ3v) is 11.6. The molecule has 56 heavy (non-hydrogen) atoms. The van der Waals surface area contributed by atoms with Gasteiger partial charge in [-0.3, -0.25) is 0 Å². The Bertz CT molecular complexity index is 3190. The largest absolute Gasteiger partial charge is 0.309 e. The first-order valence-corrected chi connectivity index (χ1v) is 19.5. The summed E-state index contributed by atoms with van der Waals surface area (Å²) >= 11 is 1.82. The van der Waals surface area contributed by atoms with E-state index in [4.69, 9.17) is 19.9 Å². The molecule has 11 rings (SSSR count). The van der Waals surface area contributed by atoms with Crippen molar-refractivity contribution in [2.75, 3.05) is 0 Å². The monoisotopic (exact) mass is 733 g/mol. The van der Waals surface area contributed by atoms with Gasteiger partial charge in [-0.1, -0.05) is 146 Å². The minimum absolute atomic E-state index is 0.526. The van der Waals surface area contributed by atoms with E-state index in [-0.39, 0.29) is 0 Å². The molecule has 0 radical (unpaired) electrons. The Kier molecular flexibility index (Phi) is 7.60. The Labute approximate surface area is 326 Å². The van der Waals surface area contributed by atoms with Crippen LogP contribution in [0.4, 0.5) is 0 Å². The number of hydrogen-bond acceptors (Lipinski definition) is 5. The van der Waals surface area contributed by atoms with E-state index in [1.807, 2.05) is 78.1 Å². The van der Waals surface area contributed by atoms with E-state index < -0.39 is 0 Å². The smallest absolute Gasteiger partial charge is 0.182 e. The third kappa shape index (κ3) is 5.46. The molecule has 0 amide bonds. The molecular formula is C50H31N5S. The van der Waals surface area contributed by atoms with Crippen molar-refractivity contribution >= 4 is 53.3 Å². The van der Waals surface area contributed by atoms with Crippen molar-refractivity contribution in [3.05, 3.63) is 188 Å². The lowest BCUT2D eigenvalue weighted by molar-refractivity contribution is 1.06. The Morgan fingerprint density at radius 3 is 1.68 bits per heavy atom. The van der Waals surface area contributed by atoms with Crippen molar-refractivity contribution in [3.8, 4) is 62.4 Å². The Hall–Kier alpha value is -7.28. The SMILES string of the molecule is c1ccc(-c2ccc3c4ccccc4n(-c4cc(-c5cccc(-c6nc(-c7ccccc7)nc(-c7ccccc7)n6)n5)c5c(c4)sc4ccccc45)c3c2)cc1. The summed E-state index contributed by atoms with van der Waals surface area (Å²) in [5, 5.41) is 4.85. The highest BCUT2D eigenvalue weighted by Gasteiger charge is 2.20. The van der Waals surface area contributed by atoms with Crippen LogP contribution in [0, 0.1) is 0 Å². The van der Waals surface area contributed by atoms with Crippen LogP contribution in [0.1, 0.15) is 0 Å². The molecule has 262 valence electrons. The zero-order valence-corrected chi connectivity index (χ0v) is 30.9. The number of nitrogens with zero attached hydrogens (tertiary/aromatic N) is 5. The summed E-state index contributed by atoms with van der Waals surface area (Å²) in [6, 6.07) is 65.7. The molecule has 6 heteroatoms. The van der Waals surface area contributed by atoms with Gasteiger partial charge in [0, 0.05) is 53.3 Å². The summed E-state index contributed by atoms with van der Waals surface area (Å²) in [6.45, 7) is 0. The van der Waals surface area contributed by atoms with Gasteiger partial charge in [0.25, 0.3) is 0 Å². The number of benzene rings is 7. The highest BCUT2D eigenvalue weighted by Crippen LogP contribution is 2.43. The Morgan fingerprint density at radius 2 is 0.946 bits per heavy atom. The second-order valence-electron chi connectivity index (χ2n) is 13.9.